The van der Waals surface area contributed by atoms with Gasteiger partial charge in [0.05, 0.1) is 13.5 Å². The van der Waals surface area contributed by atoms with E-state index in [0.717, 1.165) is 0 Å². The molecule has 0 aliphatic heterocycles. The number of carbonyl (C=O) groups is 1. The summed E-state index contributed by atoms with van der Waals surface area (Å²) in [6.45, 7) is 3.22. The first-order chi connectivity index (χ1) is 5.78. The second kappa shape index (κ2) is 4.36. The van der Waals surface area contributed by atoms with Crippen LogP contribution < -0.4 is 0 Å². The summed E-state index contributed by atoms with van der Waals surface area (Å²) in [6.07, 6.45) is -0.567. The number of ether oxygens (including phenoxy) is 1. The van der Waals surface area contributed by atoms with Crippen molar-refractivity contribution in [2.24, 2.45) is 0 Å². The third kappa shape index (κ3) is 4.62. The molecular formula is C8H14O5. The Morgan fingerprint density at radius 1 is 1.31 bits per heavy atom. The average Bonchev–Trinajstić information content (AvgIpc) is 1.96. The van der Waals surface area contributed by atoms with Crippen LogP contribution in [0.2, 0.25) is 0 Å². The minimum Gasteiger partial charge on any atom is -0.466 e. The van der Waals surface area contributed by atoms with E-state index in [-0.39, 0.29) is 5.57 Å². The molecule has 0 spiro atoms. The Morgan fingerprint density at radius 2 is 1.77 bits per heavy atom. The molecule has 3 N–H and O–H groups in total. The lowest BCUT2D eigenvalue weighted by Crippen LogP contribution is -2.29. The van der Waals surface area contributed by atoms with Crippen molar-refractivity contribution in [3.63, 3.8) is 0 Å². The smallest absolute Gasteiger partial charge is 0.333 e. The molecule has 0 saturated heterocycles. The van der Waals surface area contributed by atoms with Gasteiger partial charge in [-0.3, -0.25) is 0 Å². The van der Waals surface area contributed by atoms with Crippen molar-refractivity contribution in [3.05, 3.63) is 11.1 Å². The highest BCUT2D eigenvalue weighted by Gasteiger charge is 2.25. The van der Waals surface area contributed by atoms with E-state index in [1.807, 2.05) is 0 Å². The lowest BCUT2D eigenvalue weighted by atomic mass is 10.1. The van der Waals surface area contributed by atoms with Crippen molar-refractivity contribution in [3.8, 4) is 0 Å². The van der Waals surface area contributed by atoms with E-state index < -0.39 is 18.4 Å². The highest BCUT2D eigenvalue weighted by Crippen LogP contribution is 2.16. The summed E-state index contributed by atoms with van der Waals surface area (Å²) < 4.78 is 4.39. The maximum atomic E-state index is 11.0. The maximum Gasteiger partial charge on any atom is 0.333 e. The Kier molecular flexibility index (Phi) is 4.06. The zero-order valence-electron chi connectivity index (χ0n) is 7.87. The van der Waals surface area contributed by atoms with Gasteiger partial charge in [0.15, 0.2) is 0 Å². The molecule has 0 atom stereocenters. The largest absolute Gasteiger partial charge is 0.466 e. The van der Waals surface area contributed by atoms with Gasteiger partial charge < -0.3 is 20.1 Å². The lowest BCUT2D eigenvalue weighted by Gasteiger charge is -2.16. The minimum absolute atomic E-state index is 0.0509. The van der Waals surface area contributed by atoms with Crippen LogP contribution >= 0.6 is 0 Å². The molecular weight excluding hydrogens is 176 g/mol. The van der Waals surface area contributed by atoms with E-state index in [1.54, 1.807) is 13.8 Å². The van der Waals surface area contributed by atoms with Gasteiger partial charge in [-0.1, -0.05) is 5.57 Å². The van der Waals surface area contributed by atoms with E-state index in [2.05, 4.69) is 4.74 Å². The van der Waals surface area contributed by atoms with Crippen LogP contribution in [0.25, 0.3) is 0 Å². The van der Waals surface area contributed by atoms with Crippen molar-refractivity contribution < 1.29 is 24.9 Å². The fourth-order valence-corrected chi connectivity index (χ4v) is 0.813. The number of rotatable bonds is 3. The van der Waals surface area contributed by atoms with Crippen LogP contribution in [0.3, 0.4) is 0 Å². The van der Waals surface area contributed by atoms with E-state index in [9.17, 15) is 4.79 Å². The first kappa shape index (κ1) is 12.1. The van der Waals surface area contributed by atoms with Crippen molar-refractivity contribution in [2.75, 3.05) is 7.11 Å². The molecule has 0 amide bonds. The van der Waals surface area contributed by atoms with Gasteiger partial charge in [-0.25, -0.2) is 4.79 Å². The normalized spacial score (nSPS) is 10.9. The van der Waals surface area contributed by atoms with Gasteiger partial charge >= 0.3 is 5.97 Å². The molecule has 0 bridgehead atoms. The lowest BCUT2D eigenvalue weighted by molar-refractivity contribution is -0.309. The van der Waals surface area contributed by atoms with Crippen LogP contribution in [-0.4, -0.2) is 34.4 Å². The molecule has 5 nitrogen and oxygen atoms in total. The summed E-state index contributed by atoms with van der Waals surface area (Å²) >= 11 is 0. The number of carbonyl (C=O) groups excluding carboxylic acids is 1. The molecule has 0 fully saturated rings. The van der Waals surface area contributed by atoms with Crippen LogP contribution in [0.4, 0.5) is 0 Å². The van der Waals surface area contributed by atoms with Gasteiger partial charge in [0.25, 0.3) is 5.97 Å². The summed E-state index contributed by atoms with van der Waals surface area (Å²) in [5.41, 5.74) is 0.614. The number of aliphatic hydroxyl groups is 3. The molecule has 76 valence electrons. The van der Waals surface area contributed by atoms with Crippen LogP contribution in [0.15, 0.2) is 11.1 Å². The van der Waals surface area contributed by atoms with Crippen molar-refractivity contribution >= 4 is 5.97 Å². The summed E-state index contributed by atoms with van der Waals surface area (Å²) in [5.74, 6) is -3.55. The molecule has 0 aromatic rings. The van der Waals surface area contributed by atoms with Crippen molar-refractivity contribution in [1.82, 2.24) is 0 Å². The summed E-state index contributed by atoms with van der Waals surface area (Å²) in [5, 5.41) is 26.0. The SMILES string of the molecule is COC(=O)C(CC(O)(O)O)=C(C)C. The van der Waals surface area contributed by atoms with Crippen LogP contribution in [0.1, 0.15) is 20.3 Å². The van der Waals surface area contributed by atoms with Crippen LogP contribution in [0.5, 0.6) is 0 Å². The van der Waals surface area contributed by atoms with Gasteiger partial charge in [0.2, 0.25) is 0 Å². The number of allylic oxidation sites excluding steroid dienone is 1. The van der Waals surface area contributed by atoms with Gasteiger partial charge in [0, 0.05) is 5.57 Å². The third-order valence-electron chi connectivity index (χ3n) is 1.45. The number of hydrogen-bond donors (Lipinski definition) is 3. The molecule has 0 aliphatic carbocycles. The highest BCUT2D eigenvalue weighted by molar-refractivity contribution is 5.89. The molecule has 0 aromatic heterocycles. The van der Waals surface area contributed by atoms with Crippen LogP contribution in [0, 0.1) is 0 Å². The zero-order valence-corrected chi connectivity index (χ0v) is 7.87. The van der Waals surface area contributed by atoms with E-state index in [0.29, 0.717) is 5.57 Å². The molecule has 5 heteroatoms. The summed E-state index contributed by atoms with van der Waals surface area (Å²) in [7, 11) is 1.18. The number of hydrogen-bond acceptors (Lipinski definition) is 5. The van der Waals surface area contributed by atoms with Gasteiger partial charge in [0.1, 0.15) is 0 Å². The topological polar surface area (TPSA) is 87.0 Å². The minimum atomic E-state index is -2.87. The quantitative estimate of drug-likeness (QED) is 0.318. The predicted octanol–water partition coefficient (Wildman–Crippen LogP) is -0.483. The Balaban J connectivity index is 4.68. The third-order valence-corrected chi connectivity index (χ3v) is 1.45. The fourth-order valence-electron chi connectivity index (χ4n) is 0.813. The van der Waals surface area contributed by atoms with Gasteiger partial charge in [-0.05, 0) is 13.8 Å². The van der Waals surface area contributed by atoms with E-state index >= 15 is 0 Å². The molecule has 0 saturated carbocycles. The Bertz CT molecular complexity index is 219. The Labute approximate surface area is 76.3 Å². The van der Waals surface area contributed by atoms with Gasteiger partial charge in [-0.2, -0.15) is 0 Å². The maximum absolute atomic E-state index is 11.0. The first-order valence-electron chi connectivity index (χ1n) is 3.69. The van der Waals surface area contributed by atoms with E-state index in [1.165, 1.54) is 7.11 Å². The second-order valence-corrected chi connectivity index (χ2v) is 2.92. The summed E-state index contributed by atoms with van der Waals surface area (Å²) in [4.78, 5) is 11.0. The second-order valence-electron chi connectivity index (χ2n) is 2.92. The highest BCUT2D eigenvalue weighted by atomic mass is 16.7. The molecule has 0 unspecified atom stereocenters. The molecule has 0 heterocycles. The summed E-state index contributed by atoms with van der Waals surface area (Å²) in [6, 6.07) is 0. The van der Waals surface area contributed by atoms with Gasteiger partial charge in [-0.15, -0.1) is 0 Å². The number of esters is 1. The molecule has 13 heavy (non-hydrogen) atoms. The molecule has 0 aliphatic rings. The molecule has 0 rings (SSSR count). The number of methoxy groups -OCH3 is 1. The first-order valence-corrected chi connectivity index (χ1v) is 3.69. The zero-order chi connectivity index (χ0) is 10.6. The molecule has 0 radical (unpaired) electrons. The Hall–Kier alpha value is -0.910. The van der Waals surface area contributed by atoms with Crippen LogP contribution in [-0.2, 0) is 9.53 Å². The Morgan fingerprint density at radius 3 is 2.00 bits per heavy atom. The van der Waals surface area contributed by atoms with Crippen molar-refractivity contribution in [1.29, 1.82) is 0 Å². The monoisotopic (exact) mass is 190 g/mol. The standard InChI is InChI=1S/C8H14O5/c1-5(2)6(7(9)13-3)4-8(10,11)12/h10-12H,4H2,1-3H3. The predicted molar refractivity (Wildman–Crippen MR) is 44.4 cm³/mol. The molecule has 0 aromatic carbocycles. The average molecular weight is 190 g/mol. The van der Waals surface area contributed by atoms with E-state index in [4.69, 9.17) is 15.3 Å². The fraction of sp³-hybridized carbons (Fsp3) is 0.625. The van der Waals surface area contributed by atoms with Crippen molar-refractivity contribution in [2.45, 2.75) is 26.2 Å².